The molecule has 0 aromatic rings. The summed E-state index contributed by atoms with van der Waals surface area (Å²) in [6.45, 7) is 7.69. The smallest absolute Gasteiger partial charge is 0.328 e. The van der Waals surface area contributed by atoms with Crippen molar-refractivity contribution < 1.29 is 58.5 Å². The molecule has 0 saturated carbocycles. The number of aliphatic hydroxyl groups is 1. The molecular formula is C28H48N8O12. The van der Waals surface area contributed by atoms with Gasteiger partial charge in [0.1, 0.15) is 24.2 Å². The second kappa shape index (κ2) is 21.1. The first-order chi connectivity index (χ1) is 22.2. The van der Waals surface area contributed by atoms with Crippen molar-refractivity contribution in [1.29, 1.82) is 0 Å². The van der Waals surface area contributed by atoms with Crippen LogP contribution in [0.2, 0.25) is 0 Å². The van der Waals surface area contributed by atoms with E-state index in [0.29, 0.717) is 6.42 Å². The molecule has 0 heterocycles. The first-order valence-electron chi connectivity index (χ1n) is 15.1. The number of nitrogens with one attached hydrogen (secondary N) is 7. The van der Waals surface area contributed by atoms with Crippen LogP contribution in [0.1, 0.15) is 60.8 Å². The standard InChI is InChI=1S/C28H48N8O12/c1-12(2)9-17(29)26(45)31-11-20(39)32-14(4)24(43)34-13(3)23(42)30-10-19(38)33-15(5)25(44)35-18(7-8-21(40)41)27(46)36-22(16(6)37)28(47)48/h12-18,22,37H,7-11,29H2,1-6H3,(H,30,42)(H,31,45)(H,32,39)(H,33,38)(H,34,43)(H,35,44)(H,36,46)(H,40,41)(H,47,48). The van der Waals surface area contributed by atoms with Gasteiger partial charge in [0.05, 0.1) is 25.2 Å². The van der Waals surface area contributed by atoms with E-state index in [4.69, 9.17) is 15.9 Å². The summed E-state index contributed by atoms with van der Waals surface area (Å²) in [5, 5.41) is 43.5. The summed E-state index contributed by atoms with van der Waals surface area (Å²) in [6, 6.07) is -7.63. The van der Waals surface area contributed by atoms with Gasteiger partial charge in [0.2, 0.25) is 41.4 Å². The topological polar surface area (TPSA) is 325 Å². The Bertz CT molecular complexity index is 1190. The average molecular weight is 689 g/mol. The molecule has 20 heteroatoms. The maximum Gasteiger partial charge on any atom is 0.328 e. The van der Waals surface area contributed by atoms with Crippen LogP contribution < -0.4 is 43.0 Å². The van der Waals surface area contributed by atoms with Crippen molar-refractivity contribution in [3.8, 4) is 0 Å². The maximum absolute atomic E-state index is 12.6. The van der Waals surface area contributed by atoms with E-state index in [9.17, 15) is 48.3 Å². The number of nitrogens with two attached hydrogens (primary N) is 1. The van der Waals surface area contributed by atoms with Crippen molar-refractivity contribution in [3.63, 3.8) is 0 Å². The van der Waals surface area contributed by atoms with Gasteiger partial charge in [-0.25, -0.2) is 4.79 Å². The molecule has 0 aliphatic heterocycles. The fraction of sp³-hybridized carbons (Fsp3) is 0.679. The molecule has 0 bridgehead atoms. The minimum atomic E-state index is -1.74. The Balaban J connectivity index is 4.89. The highest BCUT2D eigenvalue weighted by Gasteiger charge is 2.31. The van der Waals surface area contributed by atoms with Crippen molar-refractivity contribution in [2.24, 2.45) is 11.7 Å². The lowest BCUT2D eigenvalue weighted by molar-refractivity contribution is -0.145. The van der Waals surface area contributed by atoms with Gasteiger partial charge in [-0.15, -0.1) is 0 Å². The first-order valence-corrected chi connectivity index (χ1v) is 15.1. The Morgan fingerprint density at radius 2 is 1.06 bits per heavy atom. The molecule has 0 aromatic heterocycles. The van der Waals surface area contributed by atoms with E-state index in [-0.39, 0.29) is 5.92 Å². The number of aliphatic carboxylic acids is 2. The summed E-state index contributed by atoms with van der Waals surface area (Å²) in [5.74, 6) is -8.32. The predicted molar refractivity (Wildman–Crippen MR) is 166 cm³/mol. The highest BCUT2D eigenvalue weighted by molar-refractivity contribution is 5.96. The molecule has 7 atom stereocenters. The molecule has 12 N–H and O–H groups in total. The summed E-state index contributed by atoms with van der Waals surface area (Å²) < 4.78 is 0. The number of rotatable bonds is 21. The number of carboxylic acid groups (broad SMARTS) is 2. The molecule has 0 rings (SSSR count). The van der Waals surface area contributed by atoms with Crippen molar-refractivity contribution in [1.82, 2.24) is 37.2 Å². The molecule has 0 aromatic carbocycles. The van der Waals surface area contributed by atoms with Gasteiger partial charge in [-0.1, -0.05) is 13.8 Å². The zero-order chi connectivity index (χ0) is 37.3. The molecule has 0 aliphatic rings. The molecule has 7 amide bonds. The third-order valence-electron chi connectivity index (χ3n) is 6.53. The Labute approximate surface area is 277 Å². The van der Waals surface area contributed by atoms with Crippen LogP contribution in [0.3, 0.4) is 0 Å². The molecule has 0 fully saturated rings. The first kappa shape index (κ1) is 43.1. The van der Waals surface area contributed by atoms with Gasteiger partial charge >= 0.3 is 11.9 Å². The molecule has 0 radical (unpaired) electrons. The molecule has 0 aliphatic carbocycles. The second-order valence-electron chi connectivity index (χ2n) is 11.5. The zero-order valence-electron chi connectivity index (χ0n) is 27.7. The summed E-state index contributed by atoms with van der Waals surface area (Å²) in [4.78, 5) is 109. The fourth-order valence-corrected chi connectivity index (χ4v) is 3.83. The Morgan fingerprint density at radius 1 is 0.604 bits per heavy atom. The molecule has 48 heavy (non-hydrogen) atoms. The minimum Gasteiger partial charge on any atom is -0.481 e. The summed E-state index contributed by atoms with van der Waals surface area (Å²) >= 11 is 0. The van der Waals surface area contributed by atoms with Crippen molar-refractivity contribution in [2.45, 2.75) is 103 Å². The Kier molecular flexibility index (Phi) is 19.0. The van der Waals surface area contributed by atoms with Gasteiger partial charge in [-0.3, -0.25) is 38.4 Å². The number of carboxylic acids is 2. The Morgan fingerprint density at radius 3 is 1.50 bits per heavy atom. The molecule has 272 valence electrons. The minimum absolute atomic E-state index is 0.171. The van der Waals surface area contributed by atoms with E-state index in [2.05, 4.69) is 31.9 Å². The summed E-state index contributed by atoms with van der Waals surface area (Å²) in [5.41, 5.74) is 5.75. The summed E-state index contributed by atoms with van der Waals surface area (Å²) in [6.07, 6.45) is -2.11. The highest BCUT2D eigenvalue weighted by atomic mass is 16.4. The van der Waals surface area contributed by atoms with Crippen molar-refractivity contribution >= 4 is 53.3 Å². The molecular weight excluding hydrogens is 640 g/mol. The predicted octanol–water partition coefficient (Wildman–Crippen LogP) is -4.59. The monoisotopic (exact) mass is 688 g/mol. The van der Waals surface area contributed by atoms with Gasteiger partial charge in [0.25, 0.3) is 0 Å². The lowest BCUT2D eigenvalue weighted by Gasteiger charge is -2.24. The van der Waals surface area contributed by atoms with Gasteiger partial charge in [-0.2, -0.15) is 0 Å². The van der Waals surface area contributed by atoms with Gasteiger partial charge in [-0.05, 0) is 46.5 Å². The van der Waals surface area contributed by atoms with Crippen LogP contribution in [0.4, 0.5) is 0 Å². The van der Waals surface area contributed by atoms with E-state index in [0.717, 1.165) is 6.92 Å². The number of carbonyl (C=O) groups excluding carboxylic acids is 7. The van der Waals surface area contributed by atoms with E-state index in [1.54, 1.807) is 0 Å². The lowest BCUT2D eigenvalue weighted by atomic mass is 10.0. The molecule has 0 spiro atoms. The largest absolute Gasteiger partial charge is 0.481 e. The van der Waals surface area contributed by atoms with Crippen LogP contribution in [-0.2, 0) is 43.2 Å². The van der Waals surface area contributed by atoms with Crippen LogP contribution >= 0.6 is 0 Å². The van der Waals surface area contributed by atoms with Crippen LogP contribution in [0.15, 0.2) is 0 Å². The molecule has 20 nitrogen and oxygen atoms in total. The van der Waals surface area contributed by atoms with E-state index in [1.807, 2.05) is 19.2 Å². The van der Waals surface area contributed by atoms with Gasteiger partial charge in [0.15, 0.2) is 6.04 Å². The van der Waals surface area contributed by atoms with Crippen LogP contribution in [0.5, 0.6) is 0 Å². The number of hydrogen-bond acceptors (Lipinski definition) is 11. The third-order valence-corrected chi connectivity index (χ3v) is 6.53. The normalized spacial score (nSPS) is 15.2. The quantitative estimate of drug-likeness (QED) is 0.0542. The third kappa shape index (κ3) is 17.2. The second-order valence-corrected chi connectivity index (χ2v) is 11.5. The van der Waals surface area contributed by atoms with E-state index >= 15 is 0 Å². The molecule has 7 unspecified atom stereocenters. The van der Waals surface area contributed by atoms with Gasteiger partial charge in [0, 0.05) is 6.42 Å². The number of carbonyl (C=O) groups is 9. The van der Waals surface area contributed by atoms with Gasteiger partial charge < -0.3 is 58.3 Å². The Hall–Kier alpha value is -4.85. The highest BCUT2D eigenvalue weighted by Crippen LogP contribution is 2.03. The number of hydrogen-bond donors (Lipinski definition) is 11. The van der Waals surface area contributed by atoms with Crippen LogP contribution in [0, 0.1) is 5.92 Å². The SMILES string of the molecule is CC(C)CC(N)C(=O)NCC(=O)NC(C)C(=O)NC(C)C(=O)NCC(=O)NC(C)C(=O)NC(CCC(=O)O)C(=O)NC(C(=O)O)C(C)O. The van der Waals surface area contributed by atoms with E-state index < -0.39 is 122 Å². The molecule has 0 saturated heterocycles. The van der Waals surface area contributed by atoms with Crippen LogP contribution in [-0.4, -0.2) is 124 Å². The number of aliphatic hydroxyl groups excluding tert-OH is 1. The average Bonchev–Trinajstić information content (AvgIpc) is 2.97. The van der Waals surface area contributed by atoms with Crippen molar-refractivity contribution in [3.05, 3.63) is 0 Å². The zero-order valence-corrected chi connectivity index (χ0v) is 27.7. The van der Waals surface area contributed by atoms with Crippen LogP contribution in [0.25, 0.3) is 0 Å². The van der Waals surface area contributed by atoms with Crippen molar-refractivity contribution in [2.75, 3.05) is 13.1 Å². The van der Waals surface area contributed by atoms with E-state index in [1.165, 1.54) is 20.8 Å². The summed E-state index contributed by atoms with van der Waals surface area (Å²) in [7, 11) is 0. The number of amides is 7. The lowest BCUT2D eigenvalue weighted by Crippen LogP contribution is -2.57. The maximum atomic E-state index is 12.6. The fourth-order valence-electron chi connectivity index (χ4n) is 3.83.